The summed E-state index contributed by atoms with van der Waals surface area (Å²) in [6.07, 6.45) is 2.91. The Morgan fingerprint density at radius 2 is 1.79 bits per heavy atom. The van der Waals surface area contributed by atoms with Crippen molar-refractivity contribution in [3.8, 4) is 0 Å². The van der Waals surface area contributed by atoms with E-state index in [-0.39, 0.29) is 12.5 Å². The highest BCUT2D eigenvalue weighted by atomic mass is 79.9. The molecule has 0 fully saturated rings. The molecule has 0 radical (unpaired) electrons. The van der Waals surface area contributed by atoms with Crippen molar-refractivity contribution in [3.05, 3.63) is 63.1 Å². The number of carbonyl (C=O) groups excluding carboxylic acids is 1. The first-order valence-corrected chi connectivity index (χ1v) is 11.9. The molecule has 2 aromatic rings. The third kappa shape index (κ3) is 5.82. The summed E-state index contributed by atoms with van der Waals surface area (Å²) in [7, 11) is -3.59. The number of carbonyl (C=O) groups is 1. The summed E-state index contributed by atoms with van der Waals surface area (Å²) in [5.41, 5.74) is 4.84. The molecule has 0 atom stereocenters. The van der Waals surface area contributed by atoms with Crippen molar-refractivity contribution in [1.82, 2.24) is 5.32 Å². The number of hydrogen-bond acceptors (Lipinski definition) is 3. The number of anilines is 1. The van der Waals surface area contributed by atoms with Crippen molar-refractivity contribution in [2.75, 3.05) is 17.1 Å². The van der Waals surface area contributed by atoms with Crippen LogP contribution in [0.4, 0.5) is 5.69 Å². The van der Waals surface area contributed by atoms with Gasteiger partial charge in [0.25, 0.3) is 0 Å². The number of nitrogens with zero attached hydrogens (tertiary/aromatic N) is 1. The maximum Gasteiger partial charge on any atom is 0.241 e. The molecule has 0 aliphatic heterocycles. The zero-order valence-corrected chi connectivity index (χ0v) is 19.2. The van der Waals surface area contributed by atoms with Gasteiger partial charge in [0.2, 0.25) is 15.9 Å². The van der Waals surface area contributed by atoms with Gasteiger partial charge in [-0.05, 0) is 60.2 Å². The Morgan fingerprint density at radius 1 is 1.07 bits per heavy atom. The number of sulfonamides is 1. The van der Waals surface area contributed by atoms with Crippen LogP contribution in [0.2, 0.25) is 0 Å². The van der Waals surface area contributed by atoms with E-state index in [2.05, 4.69) is 53.3 Å². The van der Waals surface area contributed by atoms with Gasteiger partial charge in [-0.3, -0.25) is 9.10 Å². The Balaban J connectivity index is 2.16. The lowest BCUT2D eigenvalue weighted by Crippen LogP contribution is -2.40. The molecule has 2 aromatic carbocycles. The zero-order valence-electron chi connectivity index (χ0n) is 16.8. The Hall–Kier alpha value is -1.86. The Kier molecular flexibility index (Phi) is 7.66. The van der Waals surface area contributed by atoms with E-state index >= 15 is 0 Å². The summed E-state index contributed by atoms with van der Waals surface area (Å²) < 4.78 is 26.5. The summed E-state index contributed by atoms with van der Waals surface area (Å²) in [5.74, 6) is -0.338. The van der Waals surface area contributed by atoms with Crippen LogP contribution in [-0.4, -0.2) is 27.1 Å². The van der Waals surface area contributed by atoms with Crippen LogP contribution >= 0.6 is 15.9 Å². The highest BCUT2D eigenvalue weighted by molar-refractivity contribution is 9.10. The van der Waals surface area contributed by atoms with E-state index in [1.165, 1.54) is 11.1 Å². The predicted molar refractivity (Wildman–Crippen MR) is 118 cm³/mol. The van der Waals surface area contributed by atoms with Crippen molar-refractivity contribution in [2.45, 2.75) is 40.2 Å². The van der Waals surface area contributed by atoms with Crippen molar-refractivity contribution < 1.29 is 13.2 Å². The Morgan fingerprint density at radius 3 is 2.36 bits per heavy atom. The molecule has 0 aliphatic carbocycles. The topological polar surface area (TPSA) is 66.5 Å². The first-order chi connectivity index (χ1) is 13.2. The summed E-state index contributed by atoms with van der Waals surface area (Å²) in [6.45, 7) is 6.17. The lowest BCUT2D eigenvalue weighted by atomic mass is 10.0. The SMILES string of the molecule is CCc1ccc(CC)c(CNC(=O)CN(c2ccc(Br)c(C)c2)S(C)(=O)=O)c1. The van der Waals surface area contributed by atoms with Gasteiger partial charge in [-0.15, -0.1) is 0 Å². The molecular formula is C21H27BrN2O3S. The van der Waals surface area contributed by atoms with Gasteiger partial charge in [0.15, 0.2) is 0 Å². The predicted octanol–water partition coefficient (Wildman–Crippen LogP) is 3.96. The zero-order chi connectivity index (χ0) is 20.9. The van der Waals surface area contributed by atoms with E-state index in [0.29, 0.717) is 12.2 Å². The molecular weight excluding hydrogens is 440 g/mol. The number of aryl methyl sites for hydroxylation is 3. The van der Waals surface area contributed by atoms with E-state index < -0.39 is 10.0 Å². The van der Waals surface area contributed by atoms with Crippen molar-refractivity contribution >= 4 is 37.5 Å². The van der Waals surface area contributed by atoms with Gasteiger partial charge in [-0.2, -0.15) is 0 Å². The minimum absolute atomic E-state index is 0.255. The molecule has 0 aromatic heterocycles. The maximum atomic E-state index is 12.5. The maximum absolute atomic E-state index is 12.5. The van der Waals surface area contributed by atoms with Crippen molar-refractivity contribution in [2.24, 2.45) is 0 Å². The monoisotopic (exact) mass is 466 g/mol. The third-order valence-electron chi connectivity index (χ3n) is 4.65. The molecule has 0 aliphatic rings. The molecule has 152 valence electrons. The Labute approximate surface area is 176 Å². The first-order valence-electron chi connectivity index (χ1n) is 9.27. The lowest BCUT2D eigenvalue weighted by molar-refractivity contribution is -0.119. The second kappa shape index (κ2) is 9.56. The van der Waals surface area contributed by atoms with Crippen LogP contribution in [0.25, 0.3) is 0 Å². The summed E-state index contributed by atoms with van der Waals surface area (Å²) in [4.78, 5) is 12.5. The lowest BCUT2D eigenvalue weighted by Gasteiger charge is -2.22. The van der Waals surface area contributed by atoms with Crippen molar-refractivity contribution in [1.29, 1.82) is 0 Å². The molecule has 2 rings (SSSR count). The number of halogens is 1. The van der Waals surface area contributed by atoms with Crippen LogP contribution in [0.3, 0.4) is 0 Å². The van der Waals surface area contributed by atoms with Gasteiger partial charge in [0.05, 0.1) is 11.9 Å². The molecule has 1 N–H and O–H groups in total. The van der Waals surface area contributed by atoms with Gasteiger partial charge in [0, 0.05) is 11.0 Å². The van der Waals surface area contributed by atoms with Crippen LogP contribution in [0.15, 0.2) is 40.9 Å². The van der Waals surface area contributed by atoms with E-state index in [9.17, 15) is 13.2 Å². The second-order valence-corrected chi connectivity index (χ2v) is 9.55. The fourth-order valence-corrected chi connectivity index (χ4v) is 4.07. The molecule has 0 unspecified atom stereocenters. The normalized spacial score (nSPS) is 11.3. The standard InChI is InChI=1S/C21H27BrN2O3S/c1-5-16-7-8-17(6-2)18(12-16)13-23-21(25)14-24(28(4,26)27)19-9-10-20(22)15(3)11-19/h7-12H,5-6,13-14H2,1-4H3,(H,23,25). The number of rotatable bonds is 8. The summed E-state index contributed by atoms with van der Waals surface area (Å²) in [5, 5.41) is 2.87. The van der Waals surface area contributed by atoms with E-state index in [1.807, 2.05) is 6.92 Å². The largest absolute Gasteiger partial charge is 0.350 e. The first kappa shape index (κ1) is 22.4. The summed E-state index contributed by atoms with van der Waals surface area (Å²) >= 11 is 3.41. The fourth-order valence-electron chi connectivity index (χ4n) is 2.97. The summed E-state index contributed by atoms with van der Waals surface area (Å²) in [6, 6.07) is 11.5. The van der Waals surface area contributed by atoms with Gasteiger partial charge in [-0.1, -0.05) is 48.0 Å². The number of hydrogen-bond donors (Lipinski definition) is 1. The molecule has 5 nitrogen and oxygen atoms in total. The van der Waals surface area contributed by atoms with E-state index in [1.54, 1.807) is 18.2 Å². The molecule has 0 saturated carbocycles. The smallest absolute Gasteiger partial charge is 0.241 e. The molecule has 0 heterocycles. The molecule has 0 bridgehead atoms. The average Bonchev–Trinajstić information content (AvgIpc) is 2.65. The molecule has 28 heavy (non-hydrogen) atoms. The van der Waals surface area contributed by atoms with E-state index in [0.717, 1.165) is 39.0 Å². The van der Waals surface area contributed by atoms with Crippen LogP contribution < -0.4 is 9.62 Å². The molecule has 7 heteroatoms. The van der Waals surface area contributed by atoms with Gasteiger partial charge < -0.3 is 5.32 Å². The Bertz CT molecular complexity index is 958. The van der Waals surface area contributed by atoms with Crippen LogP contribution in [-0.2, 0) is 34.2 Å². The minimum Gasteiger partial charge on any atom is -0.350 e. The third-order valence-corrected chi connectivity index (χ3v) is 6.68. The minimum atomic E-state index is -3.59. The fraction of sp³-hybridized carbons (Fsp3) is 0.381. The van der Waals surface area contributed by atoms with Crippen LogP contribution in [0.1, 0.15) is 36.1 Å². The number of nitrogens with one attached hydrogen (secondary N) is 1. The molecule has 0 spiro atoms. The molecule has 1 amide bonds. The van der Waals surface area contributed by atoms with Crippen LogP contribution in [0, 0.1) is 6.92 Å². The van der Waals surface area contributed by atoms with E-state index in [4.69, 9.17) is 0 Å². The quantitative estimate of drug-likeness (QED) is 0.639. The second-order valence-electron chi connectivity index (χ2n) is 6.79. The van der Waals surface area contributed by atoms with Crippen LogP contribution in [0.5, 0.6) is 0 Å². The highest BCUT2D eigenvalue weighted by Gasteiger charge is 2.21. The average molecular weight is 467 g/mol. The van der Waals surface area contributed by atoms with Gasteiger partial charge >= 0.3 is 0 Å². The number of amides is 1. The van der Waals surface area contributed by atoms with Crippen molar-refractivity contribution in [3.63, 3.8) is 0 Å². The molecule has 0 saturated heterocycles. The van der Waals surface area contributed by atoms with Gasteiger partial charge in [0.1, 0.15) is 6.54 Å². The van der Waals surface area contributed by atoms with Gasteiger partial charge in [-0.25, -0.2) is 8.42 Å². The highest BCUT2D eigenvalue weighted by Crippen LogP contribution is 2.24. The number of benzene rings is 2.